The standard InChI is InChI=1S/C15H19N3OS.2ClH/c1-18(15(19)11-5-4-8-16-9-11)10-14-17-12-6-2-3-7-13(12)20-14;;/h2-3,6-7,11,16H,4-5,8-10H2,1H3;2*1H. The number of aromatic nitrogens is 1. The first-order valence-electron chi connectivity index (χ1n) is 7.04. The lowest BCUT2D eigenvalue weighted by Gasteiger charge is -2.26. The van der Waals surface area contributed by atoms with Gasteiger partial charge in [0.05, 0.1) is 22.7 Å². The number of hydrogen-bond acceptors (Lipinski definition) is 4. The highest BCUT2D eigenvalue weighted by molar-refractivity contribution is 7.18. The summed E-state index contributed by atoms with van der Waals surface area (Å²) in [5.74, 6) is 0.361. The minimum atomic E-state index is 0. The fraction of sp³-hybridized carbons (Fsp3) is 0.467. The van der Waals surface area contributed by atoms with Crippen molar-refractivity contribution in [1.29, 1.82) is 0 Å². The predicted molar refractivity (Wildman–Crippen MR) is 96.2 cm³/mol. The Balaban J connectivity index is 0.00000121. The molecule has 7 heteroatoms. The topological polar surface area (TPSA) is 45.2 Å². The van der Waals surface area contributed by atoms with E-state index in [0.717, 1.165) is 36.5 Å². The summed E-state index contributed by atoms with van der Waals surface area (Å²) in [7, 11) is 1.88. The number of nitrogens with zero attached hydrogens (tertiary/aromatic N) is 2. The summed E-state index contributed by atoms with van der Waals surface area (Å²) in [6, 6.07) is 8.10. The van der Waals surface area contributed by atoms with Crippen LogP contribution in [-0.4, -0.2) is 35.9 Å². The van der Waals surface area contributed by atoms with Crippen LogP contribution in [0.3, 0.4) is 0 Å². The SMILES string of the molecule is CN(Cc1nc2ccccc2s1)C(=O)C1CCCNC1.Cl.Cl. The van der Waals surface area contributed by atoms with Gasteiger partial charge in [0, 0.05) is 13.6 Å². The van der Waals surface area contributed by atoms with Crippen LogP contribution in [0, 0.1) is 5.92 Å². The van der Waals surface area contributed by atoms with Gasteiger partial charge in [-0.25, -0.2) is 4.98 Å². The van der Waals surface area contributed by atoms with E-state index < -0.39 is 0 Å². The van der Waals surface area contributed by atoms with E-state index in [1.54, 1.807) is 11.3 Å². The molecule has 0 bridgehead atoms. The van der Waals surface area contributed by atoms with Gasteiger partial charge in [0.2, 0.25) is 5.91 Å². The highest BCUT2D eigenvalue weighted by Gasteiger charge is 2.24. The van der Waals surface area contributed by atoms with Gasteiger partial charge in [-0.05, 0) is 31.5 Å². The Morgan fingerprint density at radius 2 is 2.18 bits per heavy atom. The van der Waals surface area contributed by atoms with Gasteiger partial charge in [-0.15, -0.1) is 36.2 Å². The summed E-state index contributed by atoms with van der Waals surface area (Å²) < 4.78 is 1.18. The summed E-state index contributed by atoms with van der Waals surface area (Å²) in [5.41, 5.74) is 1.02. The van der Waals surface area contributed by atoms with Gasteiger partial charge >= 0.3 is 0 Å². The van der Waals surface area contributed by atoms with Crippen LogP contribution < -0.4 is 5.32 Å². The Labute approximate surface area is 147 Å². The fourth-order valence-corrected chi connectivity index (χ4v) is 3.66. The summed E-state index contributed by atoms with van der Waals surface area (Å²) in [6.45, 7) is 2.45. The summed E-state index contributed by atoms with van der Waals surface area (Å²) in [5, 5.41) is 4.30. The fourth-order valence-electron chi connectivity index (χ4n) is 2.64. The molecule has 1 aliphatic rings. The largest absolute Gasteiger partial charge is 0.339 e. The molecule has 3 rings (SSSR count). The molecule has 1 aliphatic heterocycles. The molecule has 22 heavy (non-hydrogen) atoms. The van der Waals surface area contributed by atoms with Crippen molar-refractivity contribution in [2.75, 3.05) is 20.1 Å². The first-order chi connectivity index (χ1) is 9.74. The van der Waals surface area contributed by atoms with Crippen molar-refractivity contribution in [3.05, 3.63) is 29.3 Å². The quantitative estimate of drug-likeness (QED) is 0.913. The third-order valence-electron chi connectivity index (χ3n) is 3.73. The van der Waals surface area contributed by atoms with Gasteiger partial charge in [-0.1, -0.05) is 12.1 Å². The smallest absolute Gasteiger partial charge is 0.227 e. The average molecular weight is 362 g/mol. The first kappa shape index (κ1) is 19.2. The summed E-state index contributed by atoms with van der Waals surface area (Å²) in [4.78, 5) is 18.8. The molecule has 1 atom stereocenters. The van der Waals surface area contributed by atoms with Crippen molar-refractivity contribution in [3.8, 4) is 0 Å². The van der Waals surface area contributed by atoms with Gasteiger partial charge in [-0.2, -0.15) is 0 Å². The summed E-state index contributed by atoms with van der Waals surface area (Å²) >= 11 is 1.67. The van der Waals surface area contributed by atoms with Crippen molar-refractivity contribution in [2.45, 2.75) is 19.4 Å². The molecule has 0 aliphatic carbocycles. The van der Waals surface area contributed by atoms with E-state index in [1.165, 1.54) is 4.70 Å². The number of nitrogens with one attached hydrogen (secondary N) is 1. The zero-order valence-corrected chi connectivity index (χ0v) is 14.9. The molecular formula is C15H21Cl2N3OS. The molecule has 4 nitrogen and oxygen atoms in total. The molecule has 1 aromatic carbocycles. The average Bonchev–Trinajstić information content (AvgIpc) is 2.89. The Kier molecular flexibility index (Phi) is 7.56. The molecule has 1 fully saturated rings. The minimum Gasteiger partial charge on any atom is -0.339 e. The highest BCUT2D eigenvalue weighted by Crippen LogP contribution is 2.23. The van der Waals surface area contributed by atoms with Crippen molar-refractivity contribution in [3.63, 3.8) is 0 Å². The summed E-state index contributed by atoms with van der Waals surface area (Å²) in [6.07, 6.45) is 2.08. The molecule has 2 heterocycles. The molecule has 1 unspecified atom stereocenters. The predicted octanol–water partition coefficient (Wildman–Crippen LogP) is 3.10. The van der Waals surface area contributed by atoms with Crippen LogP contribution in [0.4, 0.5) is 0 Å². The van der Waals surface area contributed by atoms with Crippen molar-refractivity contribution in [1.82, 2.24) is 15.2 Å². The van der Waals surface area contributed by atoms with Gasteiger partial charge in [0.25, 0.3) is 0 Å². The van der Waals surface area contributed by atoms with Crippen molar-refractivity contribution < 1.29 is 4.79 Å². The van der Waals surface area contributed by atoms with Gasteiger partial charge in [-0.3, -0.25) is 4.79 Å². The number of carbonyl (C=O) groups is 1. The van der Waals surface area contributed by atoms with Crippen molar-refractivity contribution >= 4 is 52.3 Å². The molecule has 1 aromatic heterocycles. The Morgan fingerprint density at radius 1 is 1.41 bits per heavy atom. The number of fused-ring (bicyclic) bond motifs is 1. The third kappa shape index (κ3) is 4.32. The number of carbonyl (C=O) groups excluding carboxylic acids is 1. The highest BCUT2D eigenvalue weighted by atomic mass is 35.5. The van der Waals surface area contributed by atoms with Crippen LogP contribution in [0.1, 0.15) is 17.8 Å². The number of halogens is 2. The number of rotatable bonds is 3. The second-order valence-electron chi connectivity index (χ2n) is 5.31. The lowest BCUT2D eigenvalue weighted by Crippen LogP contribution is -2.41. The van der Waals surface area contributed by atoms with Gasteiger partial charge < -0.3 is 10.2 Å². The second-order valence-corrected chi connectivity index (χ2v) is 6.43. The molecule has 0 spiro atoms. The monoisotopic (exact) mass is 361 g/mol. The van der Waals surface area contributed by atoms with E-state index in [2.05, 4.69) is 16.4 Å². The van der Waals surface area contributed by atoms with Crippen LogP contribution in [-0.2, 0) is 11.3 Å². The Bertz CT molecular complexity index is 581. The number of benzene rings is 1. The maximum Gasteiger partial charge on any atom is 0.227 e. The molecule has 122 valence electrons. The van der Waals surface area contributed by atoms with Crippen LogP contribution in [0.2, 0.25) is 0 Å². The lowest BCUT2D eigenvalue weighted by molar-refractivity contribution is -0.135. The Morgan fingerprint density at radius 3 is 2.86 bits per heavy atom. The number of hydrogen-bond donors (Lipinski definition) is 1. The van der Waals surface area contributed by atoms with Gasteiger partial charge in [0.15, 0.2) is 0 Å². The van der Waals surface area contributed by atoms with Crippen LogP contribution in [0.25, 0.3) is 10.2 Å². The van der Waals surface area contributed by atoms with E-state index in [-0.39, 0.29) is 36.6 Å². The molecule has 1 amide bonds. The number of piperidine rings is 1. The van der Waals surface area contributed by atoms with E-state index in [0.29, 0.717) is 6.54 Å². The van der Waals surface area contributed by atoms with Crippen LogP contribution in [0.15, 0.2) is 24.3 Å². The van der Waals surface area contributed by atoms with Gasteiger partial charge in [0.1, 0.15) is 5.01 Å². The Hall–Kier alpha value is -0.880. The molecule has 0 radical (unpaired) electrons. The number of para-hydroxylation sites is 1. The minimum absolute atomic E-state index is 0. The number of amides is 1. The molecule has 2 aromatic rings. The normalized spacial score (nSPS) is 17.4. The number of thiazole rings is 1. The van der Waals surface area contributed by atoms with E-state index in [4.69, 9.17) is 0 Å². The maximum absolute atomic E-state index is 12.4. The molecular weight excluding hydrogens is 341 g/mol. The maximum atomic E-state index is 12.4. The van der Waals surface area contributed by atoms with Crippen molar-refractivity contribution in [2.24, 2.45) is 5.92 Å². The van der Waals surface area contributed by atoms with E-state index in [9.17, 15) is 4.79 Å². The van der Waals surface area contributed by atoms with Crippen LogP contribution >= 0.6 is 36.2 Å². The second kappa shape index (κ2) is 8.67. The zero-order valence-electron chi connectivity index (χ0n) is 12.4. The van der Waals surface area contributed by atoms with Crippen LogP contribution in [0.5, 0.6) is 0 Å². The molecule has 1 saturated heterocycles. The first-order valence-corrected chi connectivity index (χ1v) is 7.86. The van der Waals surface area contributed by atoms with E-state index >= 15 is 0 Å². The third-order valence-corrected chi connectivity index (χ3v) is 4.75. The molecule has 0 saturated carbocycles. The molecule has 1 N–H and O–H groups in total. The zero-order chi connectivity index (χ0) is 13.9. The lowest BCUT2D eigenvalue weighted by atomic mass is 9.98. The van der Waals surface area contributed by atoms with E-state index in [1.807, 2.05) is 30.1 Å².